The summed E-state index contributed by atoms with van der Waals surface area (Å²) in [5.74, 6) is 0.132. The molecule has 7 heteroatoms. The van der Waals surface area contributed by atoms with E-state index < -0.39 is 5.82 Å². The van der Waals surface area contributed by atoms with Crippen LogP contribution >= 0.6 is 11.6 Å². The van der Waals surface area contributed by atoms with Crippen LogP contribution in [0.5, 0.6) is 5.75 Å². The summed E-state index contributed by atoms with van der Waals surface area (Å²) in [6, 6.07) is 5.41. The standard InChI is InChI=1S/C17H20ClFN2O3/c1-3-7-21(8-4-2)17(22)15-10-13(24-20-15)11-23-16-6-5-12(19)9-14(16)18/h5-6,9-10H,3-4,7-8,11H2,1-2H3. The highest BCUT2D eigenvalue weighted by molar-refractivity contribution is 6.32. The average Bonchev–Trinajstić information content (AvgIpc) is 3.02. The van der Waals surface area contributed by atoms with Crippen LogP contribution in [0.3, 0.4) is 0 Å². The maximum atomic E-state index is 13.0. The van der Waals surface area contributed by atoms with Gasteiger partial charge in [0.1, 0.15) is 18.2 Å². The predicted octanol–water partition coefficient (Wildman–Crippen LogP) is 4.31. The van der Waals surface area contributed by atoms with Crippen LogP contribution in [0.1, 0.15) is 42.9 Å². The second-order valence-electron chi connectivity index (χ2n) is 5.33. The molecule has 24 heavy (non-hydrogen) atoms. The summed E-state index contributed by atoms with van der Waals surface area (Å²) in [5, 5.41) is 3.98. The molecule has 1 aromatic carbocycles. The Bertz CT molecular complexity index is 684. The Balaban J connectivity index is 2.00. The van der Waals surface area contributed by atoms with Gasteiger partial charge in [-0.15, -0.1) is 0 Å². The molecule has 0 spiro atoms. The minimum absolute atomic E-state index is 0.0488. The van der Waals surface area contributed by atoms with Crippen LogP contribution in [0, 0.1) is 5.82 Å². The number of halogens is 2. The number of benzene rings is 1. The van der Waals surface area contributed by atoms with Crippen molar-refractivity contribution in [3.63, 3.8) is 0 Å². The van der Waals surface area contributed by atoms with Crippen molar-refractivity contribution in [2.45, 2.75) is 33.3 Å². The number of rotatable bonds is 8. The summed E-state index contributed by atoms with van der Waals surface area (Å²) in [5.41, 5.74) is 0.251. The highest BCUT2D eigenvalue weighted by Gasteiger charge is 2.19. The van der Waals surface area contributed by atoms with E-state index in [0.717, 1.165) is 12.8 Å². The molecule has 5 nitrogen and oxygen atoms in total. The summed E-state index contributed by atoms with van der Waals surface area (Å²) in [4.78, 5) is 14.2. The predicted molar refractivity (Wildman–Crippen MR) is 88.7 cm³/mol. The normalized spacial score (nSPS) is 10.7. The van der Waals surface area contributed by atoms with Gasteiger partial charge < -0.3 is 14.2 Å². The molecule has 0 aliphatic rings. The Hall–Kier alpha value is -2.08. The first-order valence-corrected chi connectivity index (χ1v) is 8.25. The van der Waals surface area contributed by atoms with E-state index in [0.29, 0.717) is 24.6 Å². The molecule has 130 valence electrons. The molecule has 1 heterocycles. The Morgan fingerprint density at radius 2 is 2.00 bits per heavy atom. The molecule has 0 radical (unpaired) electrons. The van der Waals surface area contributed by atoms with Crippen molar-refractivity contribution in [1.29, 1.82) is 0 Å². The van der Waals surface area contributed by atoms with E-state index in [1.54, 1.807) is 11.0 Å². The molecule has 0 saturated heterocycles. The van der Waals surface area contributed by atoms with Crippen molar-refractivity contribution >= 4 is 17.5 Å². The van der Waals surface area contributed by atoms with Gasteiger partial charge in [-0.1, -0.05) is 30.6 Å². The Morgan fingerprint density at radius 1 is 1.29 bits per heavy atom. The van der Waals surface area contributed by atoms with Gasteiger partial charge in [-0.25, -0.2) is 4.39 Å². The maximum absolute atomic E-state index is 13.0. The number of amides is 1. The van der Waals surface area contributed by atoms with Gasteiger partial charge in [-0.05, 0) is 31.0 Å². The fourth-order valence-corrected chi connectivity index (χ4v) is 2.46. The van der Waals surface area contributed by atoms with Crippen LogP contribution in [0.2, 0.25) is 5.02 Å². The van der Waals surface area contributed by atoms with E-state index in [9.17, 15) is 9.18 Å². The number of ether oxygens (including phenoxy) is 1. The molecule has 1 amide bonds. The third-order valence-corrected chi connectivity index (χ3v) is 3.61. The quantitative estimate of drug-likeness (QED) is 0.708. The van der Waals surface area contributed by atoms with E-state index in [2.05, 4.69) is 5.16 Å². The number of carbonyl (C=O) groups excluding carboxylic acids is 1. The van der Waals surface area contributed by atoms with Crippen molar-refractivity contribution in [3.05, 3.63) is 46.6 Å². The van der Waals surface area contributed by atoms with Gasteiger partial charge >= 0.3 is 0 Å². The molecule has 0 aliphatic carbocycles. The van der Waals surface area contributed by atoms with Crippen molar-refractivity contribution in [1.82, 2.24) is 10.1 Å². The molecule has 2 rings (SSSR count). The summed E-state index contributed by atoms with van der Waals surface area (Å²) in [6.45, 7) is 5.44. The molecule has 1 aromatic heterocycles. The lowest BCUT2D eigenvalue weighted by molar-refractivity contribution is 0.0745. The van der Waals surface area contributed by atoms with Crippen molar-refractivity contribution < 1.29 is 18.4 Å². The maximum Gasteiger partial charge on any atom is 0.276 e. The molecular weight excluding hydrogens is 335 g/mol. The second-order valence-corrected chi connectivity index (χ2v) is 5.74. The van der Waals surface area contributed by atoms with E-state index in [1.165, 1.54) is 18.2 Å². The molecule has 0 aliphatic heterocycles. The number of carbonyl (C=O) groups is 1. The van der Waals surface area contributed by atoms with Crippen molar-refractivity contribution in [2.75, 3.05) is 13.1 Å². The average molecular weight is 355 g/mol. The SMILES string of the molecule is CCCN(CCC)C(=O)c1cc(COc2ccc(F)cc2Cl)on1. The minimum atomic E-state index is -0.438. The van der Waals surface area contributed by atoms with Crippen LogP contribution in [0.25, 0.3) is 0 Å². The first kappa shape index (κ1) is 18.3. The first-order valence-electron chi connectivity index (χ1n) is 7.87. The molecule has 0 saturated carbocycles. The second kappa shape index (κ2) is 8.68. The highest BCUT2D eigenvalue weighted by atomic mass is 35.5. The van der Waals surface area contributed by atoms with Crippen molar-refractivity contribution in [3.8, 4) is 5.75 Å². The first-order chi connectivity index (χ1) is 11.5. The lowest BCUT2D eigenvalue weighted by atomic mass is 10.3. The lowest BCUT2D eigenvalue weighted by Crippen LogP contribution is -2.32. The summed E-state index contributed by atoms with van der Waals surface area (Å²) >= 11 is 5.89. The van der Waals surface area contributed by atoms with E-state index in [1.807, 2.05) is 13.8 Å². The number of nitrogens with zero attached hydrogens (tertiary/aromatic N) is 2. The number of hydrogen-bond donors (Lipinski definition) is 0. The van der Waals surface area contributed by atoms with Crippen LogP contribution in [-0.4, -0.2) is 29.1 Å². The Labute approximate surface area is 145 Å². The van der Waals surface area contributed by atoms with E-state index >= 15 is 0 Å². The van der Waals surface area contributed by atoms with Crippen LogP contribution in [0.4, 0.5) is 4.39 Å². The summed E-state index contributed by atoms with van der Waals surface area (Å²) in [6.07, 6.45) is 1.76. The molecule has 0 N–H and O–H groups in total. The molecule has 0 fully saturated rings. The highest BCUT2D eigenvalue weighted by Crippen LogP contribution is 2.25. The molecule has 0 atom stereocenters. The van der Waals surface area contributed by atoms with E-state index in [-0.39, 0.29) is 23.2 Å². The van der Waals surface area contributed by atoms with Gasteiger partial charge in [-0.2, -0.15) is 0 Å². The summed E-state index contributed by atoms with van der Waals surface area (Å²) in [7, 11) is 0. The van der Waals surface area contributed by atoms with Gasteiger partial charge in [0, 0.05) is 19.2 Å². The Kier molecular flexibility index (Phi) is 6.61. The molecular formula is C17H20ClFN2O3. The zero-order chi connectivity index (χ0) is 17.5. The largest absolute Gasteiger partial charge is 0.484 e. The van der Waals surface area contributed by atoms with Gasteiger partial charge in [-0.3, -0.25) is 4.79 Å². The van der Waals surface area contributed by atoms with Crippen LogP contribution in [-0.2, 0) is 6.61 Å². The van der Waals surface area contributed by atoms with Crippen LogP contribution in [0.15, 0.2) is 28.8 Å². The number of aromatic nitrogens is 1. The molecule has 0 bridgehead atoms. The van der Waals surface area contributed by atoms with Gasteiger partial charge in [0.05, 0.1) is 5.02 Å². The summed E-state index contributed by atoms with van der Waals surface area (Å²) < 4.78 is 23.6. The third-order valence-electron chi connectivity index (χ3n) is 3.32. The lowest BCUT2D eigenvalue weighted by Gasteiger charge is -2.19. The van der Waals surface area contributed by atoms with Gasteiger partial charge in [0.25, 0.3) is 5.91 Å². The molecule has 2 aromatic rings. The Morgan fingerprint density at radius 3 is 2.62 bits per heavy atom. The van der Waals surface area contributed by atoms with Gasteiger partial charge in [0.2, 0.25) is 0 Å². The fraction of sp³-hybridized carbons (Fsp3) is 0.412. The fourth-order valence-electron chi connectivity index (χ4n) is 2.24. The molecule has 0 unspecified atom stereocenters. The topological polar surface area (TPSA) is 55.6 Å². The number of hydrogen-bond acceptors (Lipinski definition) is 4. The van der Waals surface area contributed by atoms with E-state index in [4.69, 9.17) is 20.9 Å². The zero-order valence-corrected chi connectivity index (χ0v) is 14.5. The monoisotopic (exact) mass is 354 g/mol. The smallest absolute Gasteiger partial charge is 0.276 e. The van der Waals surface area contributed by atoms with Crippen LogP contribution < -0.4 is 4.74 Å². The zero-order valence-electron chi connectivity index (χ0n) is 13.7. The minimum Gasteiger partial charge on any atom is -0.484 e. The van der Waals surface area contributed by atoms with Crippen molar-refractivity contribution in [2.24, 2.45) is 0 Å². The van der Waals surface area contributed by atoms with Gasteiger partial charge in [0.15, 0.2) is 11.5 Å². The third kappa shape index (κ3) is 4.71.